The highest BCUT2D eigenvalue weighted by Gasteiger charge is 2.38. The summed E-state index contributed by atoms with van der Waals surface area (Å²) >= 11 is 0. The van der Waals surface area contributed by atoms with Crippen molar-refractivity contribution in [3.63, 3.8) is 0 Å². The van der Waals surface area contributed by atoms with Gasteiger partial charge in [0.05, 0.1) is 5.41 Å². The molecule has 0 radical (unpaired) electrons. The molecule has 3 heteroatoms. The van der Waals surface area contributed by atoms with E-state index in [4.69, 9.17) is 0 Å². The zero-order valence-electron chi connectivity index (χ0n) is 12.6. The van der Waals surface area contributed by atoms with E-state index in [1.807, 2.05) is 32.0 Å². The molecule has 1 aromatic carbocycles. The van der Waals surface area contributed by atoms with Crippen LogP contribution in [0.3, 0.4) is 0 Å². The lowest BCUT2D eigenvalue weighted by Crippen LogP contribution is -2.27. The lowest BCUT2D eigenvalue weighted by atomic mass is 9.85. The summed E-state index contributed by atoms with van der Waals surface area (Å²) in [6, 6.07) is 5.55. The van der Waals surface area contributed by atoms with E-state index in [0.29, 0.717) is 6.42 Å². The van der Waals surface area contributed by atoms with Crippen molar-refractivity contribution in [1.82, 2.24) is 0 Å². The molecular weight excluding hydrogens is 250 g/mol. The minimum Gasteiger partial charge on any atom is -0.325 e. The summed E-state index contributed by atoms with van der Waals surface area (Å²) in [6.07, 6.45) is 5.02. The van der Waals surface area contributed by atoms with Gasteiger partial charge in [-0.15, -0.1) is 0 Å². The highest BCUT2D eigenvalue weighted by atomic mass is 16.2. The Morgan fingerprint density at radius 1 is 1.20 bits per heavy atom. The third-order valence-corrected chi connectivity index (χ3v) is 4.09. The largest absolute Gasteiger partial charge is 0.325 e. The predicted octanol–water partition coefficient (Wildman–Crippen LogP) is 4.07. The van der Waals surface area contributed by atoms with Gasteiger partial charge in [-0.25, -0.2) is 0 Å². The number of Topliss-reactive ketones (excluding diaryl/α,β-unsaturated/α-hetero) is 1. The quantitative estimate of drug-likeness (QED) is 0.627. The third-order valence-electron chi connectivity index (χ3n) is 4.09. The number of anilines is 1. The summed E-state index contributed by atoms with van der Waals surface area (Å²) in [6.45, 7) is 5.95. The molecule has 1 aliphatic rings. The van der Waals surface area contributed by atoms with Gasteiger partial charge in [0.25, 0.3) is 0 Å². The van der Waals surface area contributed by atoms with Crippen LogP contribution in [0.1, 0.15) is 68.8 Å². The number of fused-ring (bicyclic) bond motifs is 1. The number of benzene rings is 1. The number of nitrogens with one attached hydrogen (secondary N) is 1. The lowest BCUT2D eigenvalue weighted by molar-refractivity contribution is -0.119. The maximum atomic E-state index is 12.2. The molecule has 1 amide bonds. The van der Waals surface area contributed by atoms with Crippen molar-refractivity contribution in [2.24, 2.45) is 0 Å². The average Bonchev–Trinajstić information content (AvgIpc) is 2.65. The van der Waals surface area contributed by atoms with Crippen LogP contribution in [-0.4, -0.2) is 11.7 Å². The van der Waals surface area contributed by atoms with E-state index in [0.717, 1.165) is 29.7 Å². The van der Waals surface area contributed by atoms with E-state index in [9.17, 15) is 9.59 Å². The number of rotatable bonds is 6. The molecule has 0 bridgehead atoms. The molecule has 1 heterocycles. The van der Waals surface area contributed by atoms with E-state index in [2.05, 4.69) is 12.2 Å². The zero-order valence-corrected chi connectivity index (χ0v) is 12.6. The van der Waals surface area contributed by atoms with Gasteiger partial charge in [-0.2, -0.15) is 0 Å². The Morgan fingerprint density at radius 2 is 1.95 bits per heavy atom. The van der Waals surface area contributed by atoms with Crippen LogP contribution < -0.4 is 5.32 Å². The molecule has 0 saturated carbocycles. The summed E-state index contributed by atoms with van der Waals surface area (Å²) in [7, 11) is 0. The molecule has 0 fully saturated rings. The summed E-state index contributed by atoms with van der Waals surface area (Å²) in [5.41, 5.74) is 1.95. The lowest BCUT2D eigenvalue weighted by Gasteiger charge is -2.15. The Labute approximate surface area is 120 Å². The summed E-state index contributed by atoms with van der Waals surface area (Å²) in [5.74, 6) is 0.180. The van der Waals surface area contributed by atoms with Gasteiger partial charge in [-0.1, -0.05) is 26.2 Å². The number of hydrogen-bond acceptors (Lipinski definition) is 2. The van der Waals surface area contributed by atoms with E-state index >= 15 is 0 Å². The van der Waals surface area contributed by atoms with Crippen LogP contribution in [0.15, 0.2) is 18.2 Å². The Balaban J connectivity index is 2.10. The van der Waals surface area contributed by atoms with Crippen LogP contribution >= 0.6 is 0 Å². The maximum absolute atomic E-state index is 12.2. The molecule has 3 nitrogen and oxygen atoms in total. The second-order valence-corrected chi connectivity index (χ2v) is 6.07. The summed E-state index contributed by atoms with van der Waals surface area (Å²) in [4.78, 5) is 24.1. The van der Waals surface area contributed by atoms with Gasteiger partial charge in [0.2, 0.25) is 5.91 Å². The fourth-order valence-corrected chi connectivity index (χ4v) is 2.60. The first kappa shape index (κ1) is 14.8. The molecule has 20 heavy (non-hydrogen) atoms. The fraction of sp³-hybridized carbons (Fsp3) is 0.529. The van der Waals surface area contributed by atoms with E-state index in [1.165, 1.54) is 12.8 Å². The molecule has 0 aromatic heterocycles. The average molecular weight is 273 g/mol. The van der Waals surface area contributed by atoms with Crippen LogP contribution in [0.2, 0.25) is 0 Å². The Hall–Kier alpha value is -1.64. The Kier molecular flexibility index (Phi) is 4.26. The molecule has 0 spiro atoms. The standard InChI is InChI=1S/C17H23NO2/c1-4-5-6-7-8-15(19)12-9-10-14-13(11-12)17(2,3)16(20)18-14/h9-11H,4-8H2,1-3H3,(H,18,20). The van der Waals surface area contributed by atoms with Crippen LogP contribution in [0.4, 0.5) is 5.69 Å². The predicted molar refractivity (Wildman–Crippen MR) is 81.2 cm³/mol. The van der Waals surface area contributed by atoms with Crippen molar-refractivity contribution in [2.75, 3.05) is 5.32 Å². The SMILES string of the molecule is CCCCCCC(=O)c1ccc2c(c1)C(C)(C)C(=O)N2. The van der Waals surface area contributed by atoms with E-state index in [1.54, 1.807) is 0 Å². The van der Waals surface area contributed by atoms with Gasteiger partial charge in [-0.05, 0) is 44.0 Å². The van der Waals surface area contributed by atoms with Crippen molar-refractivity contribution in [2.45, 2.75) is 58.3 Å². The molecule has 0 unspecified atom stereocenters. The molecule has 1 aromatic rings. The van der Waals surface area contributed by atoms with Crippen LogP contribution in [0, 0.1) is 0 Å². The van der Waals surface area contributed by atoms with Crippen molar-refractivity contribution >= 4 is 17.4 Å². The number of carbonyl (C=O) groups is 2. The maximum Gasteiger partial charge on any atom is 0.234 e. The molecule has 0 atom stereocenters. The molecule has 0 aliphatic carbocycles. The topological polar surface area (TPSA) is 46.2 Å². The fourth-order valence-electron chi connectivity index (χ4n) is 2.60. The zero-order chi connectivity index (χ0) is 14.8. The van der Waals surface area contributed by atoms with Gasteiger partial charge in [0.1, 0.15) is 0 Å². The summed E-state index contributed by atoms with van der Waals surface area (Å²) in [5, 5.41) is 2.86. The Bertz CT molecular complexity index is 532. The van der Waals surface area contributed by atoms with E-state index in [-0.39, 0.29) is 11.7 Å². The molecule has 0 saturated heterocycles. The minimum atomic E-state index is -0.548. The monoisotopic (exact) mass is 273 g/mol. The van der Waals surface area contributed by atoms with E-state index < -0.39 is 5.41 Å². The normalized spacial score (nSPS) is 15.8. The third kappa shape index (κ3) is 2.77. The van der Waals surface area contributed by atoms with Gasteiger partial charge in [-0.3, -0.25) is 9.59 Å². The highest BCUT2D eigenvalue weighted by molar-refractivity contribution is 6.07. The second-order valence-electron chi connectivity index (χ2n) is 6.07. The number of amides is 1. The van der Waals surface area contributed by atoms with Gasteiger partial charge >= 0.3 is 0 Å². The highest BCUT2D eigenvalue weighted by Crippen LogP contribution is 2.37. The van der Waals surface area contributed by atoms with Gasteiger partial charge in [0.15, 0.2) is 5.78 Å². The molecular formula is C17H23NO2. The first-order chi connectivity index (χ1) is 9.46. The molecule has 108 valence electrons. The van der Waals surface area contributed by atoms with Gasteiger partial charge < -0.3 is 5.32 Å². The number of carbonyl (C=O) groups excluding carboxylic acids is 2. The minimum absolute atomic E-state index is 0.0000415. The van der Waals surface area contributed by atoms with Crippen LogP contribution in [0.25, 0.3) is 0 Å². The molecule has 2 rings (SSSR count). The smallest absolute Gasteiger partial charge is 0.234 e. The second kappa shape index (κ2) is 5.78. The van der Waals surface area contributed by atoms with Crippen LogP contribution in [0.5, 0.6) is 0 Å². The first-order valence-electron chi connectivity index (χ1n) is 7.46. The Morgan fingerprint density at radius 3 is 2.65 bits per heavy atom. The number of ketones is 1. The molecule has 1 N–H and O–H groups in total. The van der Waals surface area contributed by atoms with Crippen molar-refractivity contribution in [3.8, 4) is 0 Å². The molecule has 1 aliphatic heterocycles. The number of unbranched alkanes of at least 4 members (excludes halogenated alkanes) is 3. The van der Waals surface area contributed by atoms with Crippen molar-refractivity contribution in [3.05, 3.63) is 29.3 Å². The van der Waals surface area contributed by atoms with Crippen molar-refractivity contribution < 1.29 is 9.59 Å². The number of hydrogen-bond donors (Lipinski definition) is 1. The van der Waals surface area contributed by atoms with Gasteiger partial charge in [0, 0.05) is 17.7 Å². The summed E-state index contributed by atoms with van der Waals surface area (Å²) < 4.78 is 0. The first-order valence-corrected chi connectivity index (χ1v) is 7.46. The van der Waals surface area contributed by atoms with Crippen LogP contribution in [-0.2, 0) is 10.2 Å². The van der Waals surface area contributed by atoms with Crippen molar-refractivity contribution in [1.29, 1.82) is 0 Å².